The molecule has 0 heterocycles. The molecule has 0 saturated carbocycles. The number of carbonyl (C=O) groups is 1. The highest BCUT2D eigenvalue weighted by molar-refractivity contribution is 7.86. The lowest BCUT2D eigenvalue weighted by Gasteiger charge is -2.16. The van der Waals surface area contributed by atoms with Crippen LogP contribution in [0.15, 0.2) is 29.2 Å². The van der Waals surface area contributed by atoms with Gasteiger partial charge in [-0.25, -0.2) is 5.06 Å². The van der Waals surface area contributed by atoms with Crippen LogP contribution in [0.25, 0.3) is 0 Å². The molecule has 0 aliphatic carbocycles. The number of halogens is 1. The third kappa shape index (κ3) is 9.01. The molecular weight excluding hydrogens is 374 g/mol. The van der Waals surface area contributed by atoms with E-state index in [4.69, 9.17) is 15.9 Å². The van der Waals surface area contributed by atoms with Crippen molar-refractivity contribution in [2.75, 3.05) is 7.05 Å². The minimum Gasteiger partial charge on any atom is -0.273 e. The van der Waals surface area contributed by atoms with E-state index in [9.17, 15) is 13.2 Å². The van der Waals surface area contributed by atoms with Crippen LogP contribution in [0.3, 0.4) is 0 Å². The van der Waals surface area contributed by atoms with Gasteiger partial charge in [-0.15, -0.1) is 4.28 Å². The third-order valence-corrected chi connectivity index (χ3v) is 5.68. The number of nitrogens with zero attached hydrogens (tertiary/aromatic N) is 1. The van der Waals surface area contributed by atoms with Crippen LogP contribution in [0, 0.1) is 0 Å². The largest absolute Gasteiger partial charge is 0.317 e. The van der Waals surface area contributed by atoms with Crippen molar-refractivity contribution in [1.29, 1.82) is 0 Å². The maximum Gasteiger partial charge on any atom is 0.317 e. The number of hydrogen-bond acceptors (Lipinski definition) is 4. The van der Waals surface area contributed by atoms with Gasteiger partial charge in [0, 0.05) is 18.5 Å². The first-order chi connectivity index (χ1) is 12.4. The van der Waals surface area contributed by atoms with Crippen molar-refractivity contribution in [3.63, 3.8) is 0 Å². The summed E-state index contributed by atoms with van der Waals surface area (Å²) in [5, 5.41) is 1.23. The lowest BCUT2D eigenvalue weighted by atomic mass is 10.1. The second-order valence-electron chi connectivity index (χ2n) is 6.45. The Morgan fingerprint density at radius 3 is 2.00 bits per heavy atom. The Bertz CT molecular complexity index is 631. The molecule has 0 aromatic heterocycles. The Labute approximate surface area is 162 Å². The van der Waals surface area contributed by atoms with Crippen LogP contribution in [-0.2, 0) is 19.2 Å². The van der Waals surface area contributed by atoms with E-state index < -0.39 is 10.1 Å². The van der Waals surface area contributed by atoms with Gasteiger partial charge in [-0.1, -0.05) is 69.9 Å². The van der Waals surface area contributed by atoms with E-state index in [0.29, 0.717) is 5.02 Å². The number of hydroxylamine groups is 2. The van der Waals surface area contributed by atoms with E-state index >= 15 is 0 Å². The van der Waals surface area contributed by atoms with Crippen molar-refractivity contribution in [3.8, 4) is 0 Å². The number of hydrogen-bond donors (Lipinski definition) is 0. The van der Waals surface area contributed by atoms with Crippen molar-refractivity contribution in [3.05, 3.63) is 29.3 Å². The Morgan fingerprint density at radius 2 is 1.46 bits per heavy atom. The molecule has 7 heteroatoms. The van der Waals surface area contributed by atoms with Crippen LogP contribution in [0.2, 0.25) is 5.02 Å². The number of amides is 1. The Kier molecular flexibility index (Phi) is 10.9. The molecule has 5 nitrogen and oxygen atoms in total. The van der Waals surface area contributed by atoms with Crippen LogP contribution in [0.4, 0.5) is 0 Å². The normalized spacial score (nSPS) is 11.5. The first kappa shape index (κ1) is 22.9. The Morgan fingerprint density at radius 1 is 0.962 bits per heavy atom. The molecule has 0 atom stereocenters. The summed E-state index contributed by atoms with van der Waals surface area (Å²) in [6, 6.07) is 5.61. The summed E-state index contributed by atoms with van der Waals surface area (Å²) in [7, 11) is -2.70. The van der Waals surface area contributed by atoms with E-state index in [1.165, 1.54) is 69.8 Å². The summed E-state index contributed by atoms with van der Waals surface area (Å²) < 4.78 is 29.1. The average Bonchev–Trinajstić information content (AvgIpc) is 2.60. The summed E-state index contributed by atoms with van der Waals surface area (Å²) >= 11 is 5.74. The third-order valence-electron chi connectivity index (χ3n) is 4.16. The minimum atomic E-state index is -4.03. The average molecular weight is 404 g/mol. The van der Waals surface area contributed by atoms with E-state index in [-0.39, 0.29) is 17.2 Å². The van der Waals surface area contributed by atoms with Crippen LogP contribution in [0.5, 0.6) is 0 Å². The van der Waals surface area contributed by atoms with Gasteiger partial charge in [0.05, 0.1) is 4.90 Å². The molecule has 0 aliphatic rings. The van der Waals surface area contributed by atoms with Gasteiger partial charge in [0.1, 0.15) is 0 Å². The van der Waals surface area contributed by atoms with E-state index in [1.807, 2.05) is 0 Å². The maximum absolute atomic E-state index is 12.1. The second kappa shape index (κ2) is 12.3. The zero-order valence-electron chi connectivity index (χ0n) is 15.7. The smallest absolute Gasteiger partial charge is 0.273 e. The molecule has 1 aromatic carbocycles. The number of carbonyl (C=O) groups excluding carboxylic acids is 1. The molecule has 148 valence electrons. The molecule has 0 saturated heterocycles. The standard InChI is InChI=1S/C19H30ClNO4S/c1-3-4-5-6-7-8-9-10-11-12-19(22)21(2)25-26(23,24)18-15-13-17(20)14-16-18/h13-16H,3-12H2,1-2H3. The second-order valence-corrected chi connectivity index (χ2v) is 8.42. The van der Waals surface area contributed by atoms with Gasteiger partial charge in [-0.3, -0.25) is 4.79 Å². The van der Waals surface area contributed by atoms with E-state index in [2.05, 4.69) is 6.92 Å². The zero-order valence-corrected chi connectivity index (χ0v) is 17.3. The number of rotatable bonds is 13. The molecule has 0 aliphatic heterocycles. The quantitative estimate of drug-likeness (QED) is 0.329. The number of unbranched alkanes of at least 4 members (excludes halogenated alkanes) is 8. The van der Waals surface area contributed by atoms with Crippen molar-refractivity contribution < 1.29 is 17.5 Å². The predicted octanol–water partition coefficient (Wildman–Crippen LogP) is 5.34. The molecular formula is C19H30ClNO4S. The van der Waals surface area contributed by atoms with Crippen LogP contribution < -0.4 is 0 Å². The minimum absolute atomic E-state index is 0.0374. The first-order valence-electron chi connectivity index (χ1n) is 9.33. The van der Waals surface area contributed by atoms with E-state index in [0.717, 1.165) is 24.3 Å². The van der Waals surface area contributed by atoms with Crippen molar-refractivity contribution in [2.45, 2.75) is 76.0 Å². The molecule has 0 fully saturated rings. The summed E-state index contributed by atoms with van der Waals surface area (Å²) in [5.74, 6) is -0.342. The molecule has 1 aromatic rings. The molecule has 0 bridgehead atoms. The van der Waals surface area contributed by atoms with Gasteiger partial charge in [-0.2, -0.15) is 8.42 Å². The highest BCUT2D eigenvalue weighted by Crippen LogP contribution is 2.17. The molecule has 0 radical (unpaired) electrons. The number of benzene rings is 1. The summed E-state index contributed by atoms with van der Waals surface area (Å²) in [4.78, 5) is 12.0. The summed E-state index contributed by atoms with van der Waals surface area (Å²) in [6.07, 6.45) is 10.7. The van der Waals surface area contributed by atoms with Crippen LogP contribution in [0.1, 0.15) is 71.1 Å². The van der Waals surface area contributed by atoms with Crippen molar-refractivity contribution in [1.82, 2.24) is 5.06 Å². The van der Waals surface area contributed by atoms with Crippen LogP contribution in [-0.4, -0.2) is 26.4 Å². The monoisotopic (exact) mass is 403 g/mol. The van der Waals surface area contributed by atoms with Gasteiger partial charge in [-0.05, 0) is 30.7 Å². The first-order valence-corrected chi connectivity index (χ1v) is 11.1. The summed E-state index contributed by atoms with van der Waals surface area (Å²) in [5.41, 5.74) is 0. The molecule has 1 amide bonds. The van der Waals surface area contributed by atoms with Gasteiger partial charge in [0.2, 0.25) is 5.91 Å². The fourth-order valence-corrected chi connectivity index (χ4v) is 3.64. The molecule has 0 unspecified atom stereocenters. The lowest BCUT2D eigenvalue weighted by Crippen LogP contribution is -2.29. The van der Waals surface area contributed by atoms with Crippen molar-refractivity contribution >= 4 is 27.6 Å². The Hall–Kier alpha value is -1.11. The van der Waals surface area contributed by atoms with Gasteiger partial charge < -0.3 is 0 Å². The van der Waals surface area contributed by atoms with Crippen LogP contribution >= 0.6 is 11.6 Å². The fraction of sp³-hybridized carbons (Fsp3) is 0.632. The Balaban J connectivity index is 2.25. The topological polar surface area (TPSA) is 63.7 Å². The zero-order chi connectivity index (χ0) is 19.4. The maximum atomic E-state index is 12.1. The van der Waals surface area contributed by atoms with Gasteiger partial charge in [0.15, 0.2) is 0 Å². The molecule has 0 N–H and O–H groups in total. The van der Waals surface area contributed by atoms with E-state index in [1.54, 1.807) is 0 Å². The molecule has 0 spiro atoms. The predicted molar refractivity (Wildman–Crippen MR) is 104 cm³/mol. The lowest BCUT2D eigenvalue weighted by molar-refractivity contribution is -0.151. The molecule has 26 heavy (non-hydrogen) atoms. The molecule has 1 rings (SSSR count). The fourth-order valence-electron chi connectivity index (χ4n) is 2.58. The van der Waals surface area contributed by atoms with Crippen molar-refractivity contribution in [2.24, 2.45) is 0 Å². The summed E-state index contributed by atoms with van der Waals surface area (Å²) in [6.45, 7) is 2.21. The van der Waals surface area contributed by atoms with Gasteiger partial charge >= 0.3 is 10.1 Å². The highest BCUT2D eigenvalue weighted by atomic mass is 35.5. The van der Waals surface area contributed by atoms with Gasteiger partial charge in [0.25, 0.3) is 0 Å². The SMILES string of the molecule is CCCCCCCCCCCC(=O)N(C)OS(=O)(=O)c1ccc(Cl)cc1. The highest BCUT2D eigenvalue weighted by Gasteiger charge is 2.21.